The van der Waals surface area contributed by atoms with E-state index in [0.717, 1.165) is 72.4 Å². The topological polar surface area (TPSA) is 43.6 Å². The van der Waals surface area contributed by atoms with Gasteiger partial charge in [0.15, 0.2) is 5.82 Å². The molecule has 3 aromatic heterocycles. The summed E-state index contributed by atoms with van der Waals surface area (Å²) in [5, 5.41) is 13.1. The van der Waals surface area contributed by atoms with Crippen molar-refractivity contribution in [3.8, 4) is 62.0 Å². The second kappa shape index (κ2) is 15.7. The lowest BCUT2D eigenvalue weighted by Gasteiger charge is -2.16. The predicted octanol–water partition coefficient (Wildman–Crippen LogP) is 17.1. The molecule has 14 rings (SSSR count). The number of hydrogen-bond acceptors (Lipinski definition) is 3. The molecule has 4 nitrogen and oxygen atoms in total. The van der Waals surface area contributed by atoms with E-state index in [0.29, 0.717) is 5.82 Å². The Bertz CT molecular complexity index is 4220. The monoisotopic (exact) mass is 876 g/mol. The third-order valence-corrected chi connectivity index (χ3v) is 13.9. The second-order valence-corrected chi connectivity index (χ2v) is 18.0. The minimum Gasteiger partial charge on any atom is -0.309 e. The first-order valence-electron chi connectivity index (χ1n) is 23.5. The molecule has 320 valence electrons. The average molecular weight is 877 g/mol. The van der Waals surface area contributed by atoms with Gasteiger partial charge in [0.25, 0.3) is 0 Å². The number of hydrogen-bond donors (Lipinski definition) is 0. The zero-order valence-electron chi connectivity index (χ0n) is 37.4. The van der Waals surface area contributed by atoms with Gasteiger partial charge >= 0.3 is 0 Å². The summed E-state index contributed by atoms with van der Waals surface area (Å²) in [5.41, 5.74) is 13.4. The fourth-order valence-corrected chi connectivity index (χ4v) is 10.6. The summed E-state index contributed by atoms with van der Waals surface area (Å²) < 4.78 is 2.38. The van der Waals surface area contributed by atoms with Crippen molar-refractivity contribution in [2.75, 3.05) is 0 Å². The van der Waals surface area contributed by atoms with Crippen LogP contribution in [0.2, 0.25) is 0 Å². The van der Waals surface area contributed by atoms with E-state index >= 15 is 0 Å². The van der Waals surface area contributed by atoms with Crippen LogP contribution in [0.5, 0.6) is 0 Å². The molecular formula is C65H40N4. The molecule has 0 aliphatic heterocycles. The van der Waals surface area contributed by atoms with Gasteiger partial charge in [0.1, 0.15) is 0 Å². The third-order valence-electron chi connectivity index (χ3n) is 13.9. The largest absolute Gasteiger partial charge is 0.309 e. The zero-order chi connectivity index (χ0) is 45.4. The van der Waals surface area contributed by atoms with Crippen LogP contribution in [0.1, 0.15) is 0 Å². The molecule has 4 heteroatoms. The molecule has 0 spiro atoms. The summed E-state index contributed by atoms with van der Waals surface area (Å²) in [6.45, 7) is 0. The second-order valence-electron chi connectivity index (χ2n) is 18.0. The van der Waals surface area contributed by atoms with Gasteiger partial charge in [-0.05, 0) is 80.3 Å². The molecule has 3 heterocycles. The summed E-state index contributed by atoms with van der Waals surface area (Å²) >= 11 is 0. The van der Waals surface area contributed by atoms with Crippen molar-refractivity contribution < 1.29 is 0 Å². The van der Waals surface area contributed by atoms with Gasteiger partial charge in [-0.1, -0.05) is 200 Å². The maximum Gasteiger partial charge on any atom is 0.160 e. The van der Waals surface area contributed by atoms with Crippen molar-refractivity contribution in [3.63, 3.8) is 0 Å². The Morgan fingerprint density at radius 3 is 1.48 bits per heavy atom. The van der Waals surface area contributed by atoms with Crippen LogP contribution in [0.15, 0.2) is 243 Å². The Balaban J connectivity index is 0.933. The van der Waals surface area contributed by atoms with Crippen LogP contribution in [0, 0.1) is 0 Å². The lowest BCUT2D eigenvalue weighted by atomic mass is 9.92. The SMILES string of the molecule is c1cc(-c2cccc3c2nc(-c2ccc(-c4nc(-c5ccc6ccccc6c5)cc(-c5ccc6ccccc6c5)n4)cc2)c2ccc4ccccc4c23)cc(-n2c3ccccc3c3ccccc32)c1. The quantitative estimate of drug-likeness (QED) is 0.156. The molecule has 0 N–H and O–H groups in total. The van der Waals surface area contributed by atoms with Crippen molar-refractivity contribution in [2.45, 2.75) is 0 Å². The van der Waals surface area contributed by atoms with Crippen LogP contribution >= 0.6 is 0 Å². The van der Waals surface area contributed by atoms with Crippen LogP contribution < -0.4 is 0 Å². The van der Waals surface area contributed by atoms with Crippen LogP contribution in [0.3, 0.4) is 0 Å². The smallest absolute Gasteiger partial charge is 0.160 e. The molecule has 0 unspecified atom stereocenters. The van der Waals surface area contributed by atoms with E-state index in [1.54, 1.807) is 0 Å². The van der Waals surface area contributed by atoms with Crippen molar-refractivity contribution in [1.29, 1.82) is 0 Å². The summed E-state index contributed by atoms with van der Waals surface area (Å²) in [4.78, 5) is 16.2. The van der Waals surface area contributed by atoms with E-state index in [9.17, 15) is 0 Å². The molecular weight excluding hydrogens is 837 g/mol. The predicted molar refractivity (Wildman–Crippen MR) is 289 cm³/mol. The van der Waals surface area contributed by atoms with E-state index in [4.69, 9.17) is 15.0 Å². The summed E-state index contributed by atoms with van der Waals surface area (Å²) in [7, 11) is 0. The lowest BCUT2D eigenvalue weighted by molar-refractivity contribution is 1.18. The van der Waals surface area contributed by atoms with Gasteiger partial charge in [-0.25, -0.2) is 15.0 Å². The number of nitrogens with zero attached hydrogens (tertiary/aromatic N) is 4. The molecule has 69 heavy (non-hydrogen) atoms. The molecule has 0 saturated heterocycles. The first-order chi connectivity index (χ1) is 34.2. The number of para-hydroxylation sites is 3. The Kier molecular flexibility index (Phi) is 8.86. The van der Waals surface area contributed by atoms with Crippen LogP contribution in [-0.4, -0.2) is 19.5 Å². The Hall–Kier alpha value is -9.25. The minimum absolute atomic E-state index is 0.670. The lowest BCUT2D eigenvalue weighted by Crippen LogP contribution is -1.97. The highest BCUT2D eigenvalue weighted by atomic mass is 15.0. The Morgan fingerprint density at radius 1 is 0.290 bits per heavy atom. The van der Waals surface area contributed by atoms with E-state index in [2.05, 4.69) is 247 Å². The molecule has 0 atom stereocenters. The number of pyridine rings is 1. The van der Waals surface area contributed by atoms with Crippen molar-refractivity contribution in [3.05, 3.63) is 243 Å². The van der Waals surface area contributed by atoms with Crippen LogP contribution in [0.4, 0.5) is 0 Å². The highest BCUT2D eigenvalue weighted by molar-refractivity contribution is 6.24. The number of benzene rings is 11. The number of aromatic nitrogens is 4. The molecule has 14 aromatic rings. The van der Waals surface area contributed by atoms with Gasteiger partial charge in [-0.15, -0.1) is 0 Å². The van der Waals surface area contributed by atoms with Crippen molar-refractivity contribution in [2.24, 2.45) is 0 Å². The van der Waals surface area contributed by atoms with Gasteiger partial charge in [0.05, 0.1) is 33.6 Å². The molecule has 0 saturated carbocycles. The molecule has 0 amide bonds. The fraction of sp³-hybridized carbons (Fsp3) is 0. The summed E-state index contributed by atoms with van der Waals surface area (Å²) in [6, 6.07) is 86.9. The van der Waals surface area contributed by atoms with Crippen molar-refractivity contribution >= 4 is 75.8 Å². The highest BCUT2D eigenvalue weighted by Gasteiger charge is 2.19. The maximum atomic E-state index is 5.67. The van der Waals surface area contributed by atoms with Crippen molar-refractivity contribution in [1.82, 2.24) is 19.5 Å². The Morgan fingerprint density at radius 2 is 0.812 bits per heavy atom. The first kappa shape index (κ1) is 39.0. The fourth-order valence-electron chi connectivity index (χ4n) is 10.6. The van der Waals surface area contributed by atoms with Gasteiger partial charge < -0.3 is 4.57 Å². The van der Waals surface area contributed by atoms with Gasteiger partial charge in [0.2, 0.25) is 0 Å². The normalized spacial score (nSPS) is 11.8. The number of fused-ring (bicyclic) bond motifs is 10. The Labute approximate surface area is 398 Å². The summed E-state index contributed by atoms with van der Waals surface area (Å²) in [6.07, 6.45) is 0. The molecule has 0 bridgehead atoms. The molecule has 0 aliphatic carbocycles. The van der Waals surface area contributed by atoms with Gasteiger partial charge in [-0.2, -0.15) is 0 Å². The van der Waals surface area contributed by atoms with E-state index in [-0.39, 0.29) is 0 Å². The van der Waals surface area contributed by atoms with Gasteiger partial charge in [0, 0.05) is 60.4 Å². The maximum absolute atomic E-state index is 5.67. The first-order valence-corrected chi connectivity index (χ1v) is 23.5. The van der Waals surface area contributed by atoms with Crippen LogP contribution in [-0.2, 0) is 0 Å². The zero-order valence-corrected chi connectivity index (χ0v) is 37.4. The van der Waals surface area contributed by atoms with Crippen LogP contribution in [0.25, 0.3) is 138 Å². The number of rotatable bonds is 6. The third kappa shape index (κ3) is 6.49. The molecule has 11 aromatic carbocycles. The van der Waals surface area contributed by atoms with E-state index in [1.165, 1.54) is 59.5 Å². The molecule has 0 fully saturated rings. The summed E-state index contributed by atoms with van der Waals surface area (Å²) in [5.74, 6) is 0.670. The minimum atomic E-state index is 0.670. The molecule has 0 aliphatic rings. The van der Waals surface area contributed by atoms with E-state index in [1.807, 2.05) is 0 Å². The molecule has 0 radical (unpaired) electrons. The highest BCUT2D eigenvalue weighted by Crippen LogP contribution is 2.42. The van der Waals surface area contributed by atoms with E-state index < -0.39 is 0 Å². The van der Waals surface area contributed by atoms with Gasteiger partial charge in [-0.3, -0.25) is 0 Å². The average Bonchev–Trinajstić information content (AvgIpc) is 3.76. The standard InChI is InChI=1S/C65H40N4/c1-3-16-46-37-49(33-27-41(46)13-1)58-40-59(50-34-28-42-14-2-4-17-47(42)38-50)67-65(66-58)45-31-29-44(30-32-45)63-57-36-35-43-15-5-6-20-52(43)62(57)56-24-12-23-53(64(56)68-63)48-18-11-19-51(39-48)69-60-25-9-7-21-54(60)55-22-8-10-26-61(55)69/h1-40H.